The van der Waals surface area contributed by atoms with Crippen molar-refractivity contribution in [2.45, 2.75) is 25.4 Å². The number of H-pyrrole nitrogens is 1. The Kier molecular flexibility index (Phi) is 4.35. The second-order valence-electron chi connectivity index (χ2n) is 8.49. The van der Waals surface area contributed by atoms with Crippen LogP contribution in [0.15, 0.2) is 60.9 Å². The van der Waals surface area contributed by atoms with Gasteiger partial charge in [0.2, 0.25) is 5.88 Å². The molecule has 1 saturated carbocycles. The molecule has 3 N–H and O–H groups in total. The first kappa shape index (κ1) is 18.3. The third kappa shape index (κ3) is 3.51. The van der Waals surface area contributed by atoms with E-state index in [1.165, 1.54) is 19.3 Å². The minimum Gasteiger partial charge on any atom is -0.471 e. The van der Waals surface area contributed by atoms with Crippen molar-refractivity contribution in [3.05, 3.63) is 60.9 Å². The van der Waals surface area contributed by atoms with Crippen LogP contribution in [0.5, 0.6) is 5.88 Å². The third-order valence-corrected chi connectivity index (χ3v) is 6.45. The Hall–Kier alpha value is -3.45. The Labute approximate surface area is 180 Å². The summed E-state index contributed by atoms with van der Waals surface area (Å²) in [4.78, 5) is 9.14. The molecule has 0 amide bonds. The summed E-state index contributed by atoms with van der Waals surface area (Å²) in [6.07, 6.45) is 7.26. The average molecular weight is 412 g/mol. The summed E-state index contributed by atoms with van der Waals surface area (Å²) in [5.74, 6) is 0.562. The van der Waals surface area contributed by atoms with Gasteiger partial charge in [0.1, 0.15) is 17.5 Å². The number of piperidine rings is 1. The third-order valence-electron chi connectivity index (χ3n) is 6.45. The molecular weight excluding hydrogens is 388 g/mol. The largest absolute Gasteiger partial charge is 0.471 e. The highest BCUT2D eigenvalue weighted by Crippen LogP contribution is 2.53. The number of aromatic amines is 1. The van der Waals surface area contributed by atoms with E-state index in [1.54, 1.807) is 12.4 Å². The van der Waals surface area contributed by atoms with Crippen LogP contribution < -0.4 is 15.4 Å². The van der Waals surface area contributed by atoms with Crippen LogP contribution >= 0.6 is 0 Å². The second kappa shape index (κ2) is 7.35. The van der Waals surface area contributed by atoms with Gasteiger partial charge in [-0.05, 0) is 56.1 Å². The van der Waals surface area contributed by atoms with Crippen LogP contribution in [-0.2, 0) is 0 Å². The lowest BCUT2D eigenvalue weighted by Crippen LogP contribution is -2.45. The summed E-state index contributed by atoms with van der Waals surface area (Å²) >= 11 is 0. The van der Waals surface area contributed by atoms with Gasteiger partial charge in [0.25, 0.3) is 0 Å². The molecule has 1 aliphatic heterocycles. The van der Waals surface area contributed by atoms with E-state index in [4.69, 9.17) is 9.72 Å². The van der Waals surface area contributed by atoms with Crippen LogP contribution in [0.1, 0.15) is 19.3 Å². The highest BCUT2D eigenvalue weighted by atomic mass is 16.5. The molecule has 4 aromatic rings. The van der Waals surface area contributed by atoms with Crippen LogP contribution in [0.2, 0.25) is 0 Å². The number of nitrogens with zero attached hydrogens (tertiary/aromatic N) is 3. The Morgan fingerprint density at radius 1 is 1.00 bits per heavy atom. The molecule has 7 nitrogen and oxygen atoms in total. The predicted molar refractivity (Wildman–Crippen MR) is 120 cm³/mol. The van der Waals surface area contributed by atoms with Gasteiger partial charge in [0.05, 0.1) is 17.9 Å². The molecule has 1 atom stereocenters. The van der Waals surface area contributed by atoms with Crippen molar-refractivity contribution in [3.63, 3.8) is 0 Å². The standard InChI is InChI=1S/C24H24N6O/c1-2-4-16(5-3-1)27-17-6-7-19-18(12-17)23(30-29-19)20-13-26-15-22(28-20)31-21-14-25-11-10-24(21)8-9-24/h1-7,12-13,15,21,25,27H,8-11,14H2,(H,29,30). The molecule has 0 bridgehead atoms. The molecule has 7 heteroatoms. The van der Waals surface area contributed by atoms with Gasteiger partial charge in [0, 0.05) is 28.7 Å². The molecule has 156 valence electrons. The molecule has 1 saturated heterocycles. The van der Waals surface area contributed by atoms with Crippen LogP contribution in [0, 0.1) is 5.41 Å². The minimum absolute atomic E-state index is 0.156. The average Bonchev–Trinajstić information content (AvgIpc) is 3.45. The van der Waals surface area contributed by atoms with E-state index in [2.05, 4.69) is 31.9 Å². The number of fused-ring (bicyclic) bond motifs is 1. The monoisotopic (exact) mass is 412 g/mol. The Morgan fingerprint density at radius 3 is 2.77 bits per heavy atom. The number of hydrogen-bond donors (Lipinski definition) is 3. The molecular formula is C24H24N6O. The first-order chi connectivity index (χ1) is 15.3. The molecule has 2 fully saturated rings. The lowest BCUT2D eigenvalue weighted by Gasteiger charge is -2.32. The fourth-order valence-electron chi connectivity index (χ4n) is 4.49. The van der Waals surface area contributed by atoms with E-state index in [9.17, 15) is 0 Å². The number of anilines is 2. The highest BCUT2D eigenvalue weighted by molar-refractivity contribution is 5.94. The summed E-state index contributed by atoms with van der Waals surface area (Å²) in [6.45, 7) is 1.94. The van der Waals surface area contributed by atoms with Gasteiger partial charge < -0.3 is 15.4 Å². The summed E-state index contributed by atoms with van der Waals surface area (Å²) in [7, 11) is 0. The van der Waals surface area contributed by atoms with Crippen LogP contribution in [-0.4, -0.2) is 39.4 Å². The lowest BCUT2D eigenvalue weighted by molar-refractivity contribution is 0.0844. The Morgan fingerprint density at radius 2 is 1.90 bits per heavy atom. The SMILES string of the molecule is c1ccc(Nc2ccc3[nH]nc(-c4cncc(OC5CNCCC56CC6)n4)c3c2)cc1. The van der Waals surface area contributed by atoms with E-state index in [-0.39, 0.29) is 6.10 Å². The van der Waals surface area contributed by atoms with E-state index in [0.717, 1.165) is 41.1 Å². The predicted octanol–water partition coefficient (Wildman–Crippen LogP) is 4.28. The number of aromatic nitrogens is 4. The topological polar surface area (TPSA) is 87.8 Å². The quantitative estimate of drug-likeness (QED) is 0.453. The van der Waals surface area contributed by atoms with Gasteiger partial charge in [-0.2, -0.15) is 5.10 Å². The van der Waals surface area contributed by atoms with Crippen molar-refractivity contribution in [1.29, 1.82) is 0 Å². The number of benzene rings is 2. The van der Waals surface area contributed by atoms with Gasteiger partial charge in [-0.1, -0.05) is 18.2 Å². The van der Waals surface area contributed by atoms with Crippen LogP contribution in [0.25, 0.3) is 22.3 Å². The number of nitrogens with one attached hydrogen (secondary N) is 3. The molecule has 2 aromatic heterocycles. The van der Waals surface area contributed by atoms with Gasteiger partial charge in [0.15, 0.2) is 0 Å². The van der Waals surface area contributed by atoms with Gasteiger partial charge in [-0.3, -0.25) is 10.1 Å². The second-order valence-corrected chi connectivity index (χ2v) is 8.49. The molecule has 1 unspecified atom stereocenters. The van der Waals surface area contributed by atoms with Gasteiger partial charge >= 0.3 is 0 Å². The van der Waals surface area contributed by atoms with Crippen molar-refractivity contribution >= 4 is 22.3 Å². The smallest absolute Gasteiger partial charge is 0.233 e. The van der Waals surface area contributed by atoms with Gasteiger partial charge in [-0.25, -0.2) is 4.98 Å². The van der Waals surface area contributed by atoms with Crippen LogP contribution in [0.3, 0.4) is 0 Å². The zero-order valence-corrected chi connectivity index (χ0v) is 17.1. The summed E-state index contributed by atoms with van der Waals surface area (Å²) in [5.41, 5.74) is 4.79. The number of para-hydroxylation sites is 1. The zero-order valence-electron chi connectivity index (χ0n) is 17.1. The molecule has 31 heavy (non-hydrogen) atoms. The Balaban J connectivity index is 1.29. The molecule has 2 aliphatic rings. The van der Waals surface area contributed by atoms with E-state index >= 15 is 0 Å². The maximum Gasteiger partial charge on any atom is 0.233 e. The van der Waals surface area contributed by atoms with E-state index in [0.29, 0.717) is 17.0 Å². The van der Waals surface area contributed by atoms with Crippen LogP contribution in [0.4, 0.5) is 11.4 Å². The molecule has 1 spiro atoms. The van der Waals surface area contributed by atoms with Crippen molar-refractivity contribution in [2.24, 2.45) is 5.41 Å². The maximum absolute atomic E-state index is 6.30. The maximum atomic E-state index is 6.30. The van der Waals surface area contributed by atoms with E-state index in [1.807, 2.05) is 42.5 Å². The fourth-order valence-corrected chi connectivity index (χ4v) is 4.49. The molecule has 3 heterocycles. The zero-order chi connectivity index (χ0) is 20.7. The number of rotatable bonds is 5. The lowest BCUT2D eigenvalue weighted by atomic mass is 9.92. The summed E-state index contributed by atoms with van der Waals surface area (Å²) < 4.78 is 6.30. The fraction of sp³-hybridized carbons (Fsp3) is 0.292. The van der Waals surface area contributed by atoms with Gasteiger partial charge in [-0.15, -0.1) is 0 Å². The normalized spacial score (nSPS) is 19.4. The van der Waals surface area contributed by atoms with Crippen molar-refractivity contribution in [3.8, 4) is 17.3 Å². The van der Waals surface area contributed by atoms with Crippen molar-refractivity contribution in [1.82, 2.24) is 25.5 Å². The molecule has 1 aliphatic carbocycles. The summed E-state index contributed by atoms with van der Waals surface area (Å²) in [6, 6.07) is 16.3. The molecule has 6 rings (SSSR count). The van der Waals surface area contributed by atoms with Crippen molar-refractivity contribution in [2.75, 3.05) is 18.4 Å². The van der Waals surface area contributed by atoms with E-state index < -0.39 is 0 Å². The molecule has 2 aromatic carbocycles. The number of ether oxygens (including phenoxy) is 1. The number of hydrogen-bond acceptors (Lipinski definition) is 6. The summed E-state index contributed by atoms with van der Waals surface area (Å²) in [5, 5.41) is 15.5. The first-order valence-corrected chi connectivity index (χ1v) is 10.8. The molecule has 0 radical (unpaired) electrons. The first-order valence-electron chi connectivity index (χ1n) is 10.8. The Bertz CT molecular complexity index is 1220. The van der Waals surface area contributed by atoms with Crippen molar-refractivity contribution < 1.29 is 4.74 Å². The minimum atomic E-state index is 0.156. The highest BCUT2D eigenvalue weighted by Gasteiger charge is 2.52.